The minimum atomic E-state index is 0.887. The number of hydrogen-bond donors (Lipinski definition) is 1. The van der Waals surface area contributed by atoms with Crippen molar-refractivity contribution in [3.63, 3.8) is 0 Å². The number of nitrogens with one attached hydrogen (secondary N) is 1. The molecule has 1 aromatic rings. The molecule has 0 fully saturated rings. The van der Waals surface area contributed by atoms with Gasteiger partial charge in [-0.05, 0) is 21.7 Å². The predicted molar refractivity (Wildman–Crippen MR) is 53.1 cm³/mol. The van der Waals surface area contributed by atoms with Crippen molar-refractivity contribution in [2.75, 3.05) is 0 Å². The Morgan fingerprint density at radius 3 is 3.10 bits per heavy atom. The van der Waals surface area contributed by atoms with Gasteiger partial charge in [-0.1, -0.05) is 22.6 Å². The normalized spacial score (nSPS) is 10.5. The van der Waals surface area contributed by atoms with Crippen molar-refractivity contribution in [3.05, 3.63) is 20.7 Å². The molecule has 0 spiro atoms. The summed E-state index contributed by atoms with van der Waals surface area (Å²) < 4.78 is 5.86. The lowest BCUT2D eigenvalue weighted by Crippen LogP contribution is -1.74. The molecule has 0 unspecified atom stereocenters. The Labute approximate surface area is 76.8 Å². The Morgan fingerprint density at radius 2 is 2.50 bits per heavy atom. The fourth-order valence-corrected chi connectivity index (χ4v) is 1.78. The van der Waals surface area contributed by atoms with Gasteiger partial charge in [-0.3, -0.25) is 0 Å². The highest BCUT2D eigenvalue weighted by molar-refractivity contribution is 14.1. The van der Waals surface area contributed by atoms with E-state index in [0.717, 1.165) is 10.4 Å². The summed E-state index contributed by atoms with van der Waals surface area (Å²) in [6.45, 7) is 0. The SMILES string of the molecule is N=Cc1cnsc1/C=C\I. The maximum Gasteiger partial charge on any atom is 0.0569 e. The van der Waals surface area contributed by atoms with E-state index in [1.807, 2.05) is 10.2 Å². The first-order chi connectivity index (χ1) is 4.88. The van der Waals surface area contributed by atoms with Crippen LogP contribution < -0.4 is 0 Å². The van der Waals surface area contributed by atoms with Crippen molar-refractivity contribution in [3.8, 4) is 0 Å². The van der Waals surface area contributed by atoms with Crippen molar-refractivity contribution >= 4 is 46.4 Å². The van der Waals surface area contributed by atoms with E-state index in [4.69, 9.17) is 5.41 Å². The molecule has 0 aliphatic heterocycles. The van der Waals surface area contributed by atoms with Crippen LogP contribution in [0.25, 0.3) is 6.08 Å². The molecule has 1 aromatic heterocycles. The molecule has 1 rings (SSSR count). The third-order valence-corrected chi connectivity index (χ3v) is 2.14. The highest BCUT2D eigenvalue weighted by Gasteiger charge is 1.96. The van der Waals surface area contributed by atoms with Gasteiger partial charge in [-0.25, -0.2) is 0 Å². The lowest BCUT2D eigenvalue weighted by atomic mass is 10.3. The van der Waals surface area contributed by atoms with Crippen molar-refractivity contribution in [2.24, 2.45) is 0 Å². The third kappa shape index (κ3) is 1.63. The molecule has 0 saturated heterocycles. The number of hydrogen-bond acceptors (Lipinski definition) is 3. The maximum absolute atomic E-state index is 6.98. The van der Waals surface area contributed by atoms with Gasteiger partial charge < -0.3 is 5.41 Å². The second kappa shape index (κ2) is 3.82. The van der Waals surface area contributed by atoms with Gasteiger partial charge in [0.15, 0.2) is 0 Å². The quantitative estimate of drug-likeness (QED) is 0.646. The summed E-state index contributed by atoms with van der Waals surface area (Å²) in [5.41, 5.74) is 0.887. The van der Waals surface area contributed by atoms with Gasteiger partial charge in [0.25, 0.3) is 0 Å². The van der Waals surface area contributed by atoms with Crippen LogP contribution in [0.5, 0.6) is 0 Å². The van der Waals surface area contributed by atoms with Crippen LogP contribution in [0.1, 0.15) is 10.4 Å². The van der Waals surface area contributed by atoms with E-state index in [-0.39, 0.29) is 0 Å². The van der Waals surface area contributed by atoms with Crippen LogP contribution in [-0.2, 0) is 0 Å². The lowest BCUT2D eigenvalue weighted by molar-refractivity contribution is 1.52. The Morgan fingerprint density at radius 1 is 1.70 bits per heavy atom. The zero-order valence-electron chi connectivity index (χ0n) is 5.04. The van der Waals surface area contributed by atoms with Crippen molar-refractivity contribution < 1.29 is 0 Å². The second-order valence-electron chi connectivity index (χ2n) is 1.58. The molecule has 0 bridgehead atoms. The predicted octanol–water partition coefficient (Wildman–Crippen LogP) is 2.55. The smallest absolute Gasteiger partial charge is 0.0569 e. The molecule has 0 saturated carbocycles. The summed E-state index contributed by atoms with van der Waals surface area (Å²) in [5, 5.41) is 6.98. The van der Waals surface area contributed by atoms with Crippen LogP contribution >= 0.6 is 34.1 Å². The standard InChI is InChI=1S/C6H5IN2S/c7-2-1-6-5(3-8)4-9-10-6/h1-4,8H/b2-1-,8-3?. The number of aromatic nitrogens is 1. The van der Waals surface area contributed by atoms with Crippen LogP contribution in [0.15, 0.2) is 10.3 Å². The summed E-state index contributed by atoms with van der Waals surface area (Å²) in [6.07, 6.45) is 4.96. The van der Waals surface area contributed by atoms with Gasteiger partial charge in [-0.2, -0.15) is 4.37 Å². The minimum Gasteiger partial charge on any atom is -0.308 e. The average molecular weight is 264 g/mol. The number of halogens is 1. The van der Waals surface area contributed by atoms with Gasteiger partial charge in [0.1, 0.15) is 0 Å². The fraction of sp³-hybridized carbons (Fsp3) is 0. The van der Waals surface area contributed by atoms with Crippen LogP contribution in [0, 0.1) is 5.41 Å². The van der Waals surface area contributed by atoms with E-state index in [0.29, 0.717) is 0 Å². The van der Waals surface area contributed by atoms with Crippen LogP contribution in [0.4, 0.5) is 0 Å². The second-order valence-corrected chi connectivity index (χ2v) is 3.13. The van der Waals surface area contributed by atoms with E-state index >= 15 is 0 Å². The van der Waals surface area contributed by atoms with Crippen LogP contribution in [0.2, 0.25) is 0 Å². The van der Waals surface area contributed by atoms with Gasteiger partial charge >= 0.3 is 0 Å². The monoisotopic (exact) mass is 264 g/mol. The Bertz CT molecular complexity index is 254. The van der Waals surface area contributed by atoms with Crippen molar-refractivity contribution in [1.29, 1.82) is 5.41 Å². The van der Waals surface area contributed by atoms with E-state index in [9.17, 15) is 0 Å². The Balaban J connectivity index is 3.00. The molecule has 2 nitrogen and oxygen atoms in total. The summed E-state index contributed by atoms with van der Waals surface area (Å²) in [6, 6.07) is 0. The maximum atomic E-state index is 6.98. The van der Waals surface area contributed by atoms with Crippen LogP contribution in [0.3, 0.4) is 0 Å². The van der Waals surface area contributed by atoms with E-state index in [1.165, 1.54) is 17.7 Å². The summed E-state index contributed by atoms with van der Waals surface area (Å²) in [7, 11) is 0. The minimum absolute atomic E-state index is 0.887. The summed E-state index contributed by atoms with van der Waals surface area (Å²) >= 11 is 3.55. The van der Waals surface area contributed by atoms with Gasteiger partial charge in [-0.15, -0.1) is 0 Å². The van der Waals surface area contributed by atoms with Gasteiger partial charge in [0.05, 0.1) is 11.1 Å². The van der Waals surface area contributed by atoms with E-state index in [1.54, 1.807) is 6.20 Å². The van der Waals surface area contributed by atoms with Gasteiger partial charge in [0.2, 0.25) is 0 Å². The van der Waals surface area contributed by atoms with Crippen LogP contribution in [-0.4, -0.2) is 10.6 Å². The molecule has 1 N–H and O–H groups in total. The Kier molecular flexibility index (Phi) is 3.01. The largest absolute Gasteiger partial charge is 0.308 e. The molecule has 1 heterocycles. The Hall–Kier alpha value is -0.230. The average Bonchev–Trinajstić information content (AvgIpc) is 2.36. The molecule has 4 heteroatoms. The number of rotatable bonds is 2. The zero-order chi connectivity index (χ0) is 7.40. The van der Waals surface area contributed by atoms with Gasteiger partial charge in [0, 0.05) is 11.8 Å². The first-order valence-electron chi connectivity index (χ1n) is 2.60. The lowest BCUT2D eigenvalue weighted by Gasteiger charge is -1.83. The molecular formula is C6H5IN2S. The van der Waals surface area contributed by atoms with Crippen molar-refractivity contribution in [1.82, 2.24) is 4.37 Å². The number of nitrogens with zero attached hydrogens (tertiary/aromatic N) is 1. The molecule has 0 aliphatic rings. The summed E-state index contributed by atoms with van der Waals surface area (Å²) in [5.74, 6) is 0. The molecule has 10 heavy (non-hydrogen) atoms. The van der Waals surface area contributed by atoms with E-state index in [2.05, 4.69) is 27.0 Å². The molecular weight excluding hydrogens is 259 g/mol. The molecule has 0 aromatic carbocycles. The topological polar surface area (TPSA) is 36.7 Å². The first-order valence-corrected chi connectivity index (χ1v) is 4.62. The van der Waals surface area contributed by atoms with Crippen molar-refractivity contribution in [2.45, 2.75) is 0 Å². The third-order valence-electron chi connectivity index (χ3n) is 0.997. The molecule has 0 atom stereocenters. The molecule has 0 amide bonds. The fourth-order valence-electron chi connectivity index (χ4n) is 0.549. The molecule has 0 radical (unpaired) electrons. The first kappa shape index (κ1) is 7.87. The summed E-state index contributed by atoms with van der Waals surface area (Å²) in [4.78, 5) is 1.05. The molecule has 52 valence electrons. The van der Waals surface area contributed by atoms with E-state index < -0.39 is 0 Å². The highest BCUT2D eigenvalue weighted by atomic mass is 127. The highest BCUT2D eigenvalue weighted by Crippen LogP contribution is 2.13. The molecule has 0 aliphatic carbocycles. The zero-order valence-corrected chi connectivity index (χ0v) is 8.02.